The van der Waals surface area contributed by atoms with Gasteiger partial charge in [0.05, 0.1) is 5.56 Å². The first kappa shape index (κ1) is 18.3. The third kappa shape index (κ3) is 4.47. The average molecular weight is 361 g/mol. The number of thioether (sulfide) groups is 1. The molecule has 0 bridgehead atoms. The molecule has 0 aliphatic heterocycles. The van der Waals surface area contributed by atoms with Crippen molar-refractivity contribution in [2.24, 2.45) is 0 Å². The summed E-state index contributed by atoms with van der Waals surface area (Å²) in [4.78, 5) is 12.5. The van der Waals surface area contributed by atoms with E-state index in [2.05, 4.69) is 5.32 Å². The molecule has 0 unspecified atom stereocenters. The molecular weight excluding hydrogens is 349 g/mol. The molecule has 8 heteroatoms. The van der Waals surface area contributed by atoms with Gasteiger partial charge in [-0.1, -0.05) is 0 Å². The van der Waals surface area contributed by atoms with Gasteiger partial charge in [0.1, 0.15) is 5.82 Å². The van der Waals surface area contributed by atoms with Crippen LogP contribution in [0.5, 0.6) is 0 Å². The van der Waals surface area contributed by atoms with Crippen molar-refractivity contribution in [3.63, 3.8) is 0 Å². The molecule has 0 radical (unpaired) electrons. The molecule has 0 saturated carbocycles. The van der Waals surface area contributed by atoms with Gasteiger partial charge < -0.3 is 5.32 Å². The summed E-state index contributed by atoms with van der Waals surface area (Å²) >= 11 is 1.42. The van der Waals surface area contributed by atoms with Crippen LogP contribution in [0, 0.1) is 29.1 Å². The number of carbonyl (C=O) groups is 1. The Hall–Kier alpha value is -2.09. The van der Waals surface area contributed by atoms with Gasteiger partial charge in [-0.3, -0.25) is 4.79 Å². The van der Waals surface area contributed by atoms with Crippen LogP contribution in [0.3, 0.4) is 0 Å². The molecule has 0 aliphatic carbocycles. The van der Waals surface area contributed by atoms with Crippen molar-refractivity contribution in [3.8, 4) is 0 Å². The SMILES string of the molecule is O=C(NCCCSc1ccc(F)cc1)c1cc(F)c(F)c(F)c1F. The van der Waals surface area contributed by atoms with Crippen LogP contribution in [0.25, 0.3) is 0 Å². The van der Waals surface area contributed by atoms with Crippen molar-refractivity contribution in [1.29, 1.82) is 0 Å². The lowest BCUT2D eigenvalue weighted by atomic mass is 10.1. The number of carbonyl (C=O) groups excluding carboxylic acids is 1. The molecule has 1 N–H and O–H groups in total. The van der Waals surface area contributed by atoms with Gasteiger partial charge in [-0.25, -0.2) is 22.0 Å². The lowest BCUT2D eigenvalue weighted by molar-refractivity contribution is 0.0947. The summed E-state index contributed by atoms with van der Waals surface area (Å²) in [6, 6.07) is 6.18. The zero-order valence-corrected chi connectivity index (χ0v) is 13.0. The first-order valence-corrected chi connectivity index (χ1v) is 7.88. The Kier molecular flexibility index (Phi) is 6.19. The van der Waals surface area contributed by atoms with Gasteiger partial charge in [-0.2, -0.15) is 0 Å². The summed E-state index contributed by atoms with van der Waals surface area (Å²) < 4.78 is 65.1. The lowest BCUT2D eigenvalue weighted by Crippen LogP contribution is -2.26. The number of amides is 1. The van der Waals surface area contributed by atoms with Crippen LogP contribution in [-0.2, 0) is 0 Å². The van der Waals surface area contributed by atoms with E-state index in [1.54, 1.807) is 12.1 Å². The van der Waals surface area contributed by atoms with Crippen molar-refractivity contribution in [3.05, 3.63) is 65.0 Å². The summed E-state index contributed by atoms with van der Waals surface area (Å²) in [7, 11) is 0. The van der Waals surface area contributed by atoms with Crippen LogP contribution in [0.15, 0.2) is 35.2 Å². The molecule has 0 heterocycles. The zero-order chi connectivity index (χ0) is 17.7. The minimum atomic E-state index is -2.02. The maximum atomic E-state index is 13.4. The predicted octanol–water partition coefficient (Wildman–Crippen LogP) is 4.29. The smallest absolute Gasteiger partial charge is 0.254 e. The fourth-order valence-corrected chi connectivity index (χ4v) is 2.68. The summed E-state index contributed by atoms with van der Waals surface area (Å²) in [5.74, 6) is -8.13. The van der Waals surface area contributed by atoms with Gasteiger partial charge in [-0.15, -0.1) is 11.8 Å². The highest BCUT2D eigenvalue weighted by atomic mass is 32.2. The van der Waals surface area contributed by atoms with Gasteiger partial charge in [0, 0.05) is 11.4 Å². The van der Waals surface area contributed by atoms with Crippen LogP contribution >= 0.6 is 11.8 Å². The van der Waals surface area contributed by atoms with Crippen LogP contribution < -0.4 is 5.32 Å². The van der Waals surface area contributed by atoms with Crippen LogP contribution in [-0.4, -0.2) is 18.2 Å². The molecule has 2 nitrogen and oxygen atoms in total. The Morgan fingerprint density at radius 2 is 1.62 bits per heavy atom. The summed E-state index contributed by atoms with van der Waals surface area (Å²) in [5.41, 5.74) is -0.891. The zero-order valence-electron chi connectivity index (χ0n) is 12.2. The number of hydrogen-bond acceptors (Lipinski definition) is 2. The van der Waals surface area contributed by atoms with E-state index in [9.17, 15) is 26.7 Å². The Labute approximate surface area is 139 Å². The molecule has 2 rings (SSSR count). The van der Waals surface area contributed by atoms with E-state index in [0.717, 1.165) is 4.90 Å². The number of benzene rings is 2. The summed E-state index contributed by atoms with van der Waals surface area (Å²) in [5, 5.41) is 2.30. The molecule has 0 aromatic heterocycles. The second-order valence-corrected chi connectivity index (χ2v) is 5.93. The number of halogens is 5. The molecule has 128 valence electrons. The van der Waals surface area contributed by atoms with Crippen LogP contribution in [0.1, 0.15) is 16.8 Å². The molecule has 0 fully saturated rings. The van der Waals surface area contributed by atoms with E-state index in [-0.39, 0.29) is 12.4 Å². The fourth-order valence-electron chi connectivity index (χ4n) is 1.83. The number of nitrogens with one attached hydrogen (secondary N) is 1. The first-order chi connectivity index (χ1) is 11.4. The number of rotatable bonds is 6. The first-order valence-electron chi connectivity index (χ1n) is 6.89. The summed E-state index contributed by atoms with van der Waals surface area (Å²) in [6.07, 6.45) is 0.488. The van der Waals surface area contributed by atoms with Crippen molar-refractivity contribution in [2.75, 3.05) is 12.3 Å². The molecule has 0 atom stereocenters. The highest BCUT2D eigenvalue weighted by molar-refractivity contribution is 7.99. The van der Waals surface area contributed by atoms with Gasteiger partial charge in [-0.05, 0) is 42.5 Å². The molecule has 1 amide bonds. The van der Waals surface area contributed by atoms with E-state index in [1.807, 2.05) is 0 Å². The van der Waals surface area contributed by atoms with Gasteiger partial charge in [0.2, 0.25) is 0 Å². The predicted molar refractivity (Wildman–Crippen MR) is 80.3 cm³/mol. The standard InChI is InChI=1S/C16H12F5NOS/c17-9-2-4-10(5-3-9)24-7-1-6-22-16(23)11-8-12(18)14(20)15(21)13(11)19/h2-5,8H,1,6-7H2,(H,22,23). The van der Waals surface area contributed by atoms with Crippen molar-refractivity contribution in [2.45, 2.75) is 11.3 Å². The molecule has 2 aromatic carbocycles. The fraction of sp³-hybridized carbons (Fsp3) is 0.188. The molecular formula is C16H12F5NOS. The maximum Gasteiger partial charge on any atom is 0.254 e. The van der Waals surface area contributed by atoms with E-state index in [1.165, 1.54) is 23.9 Å². The molecule has 0 saturated heterocycles. The maximum absolute atomic E-state index is 13.4. The molecule has 2 aromatic rings. The third-order valence-corrected chi connectivity index (χ3v) is 4.13. The highest BCUT2D eigenvalue weighted by Gasteiger charge is 2.22. The Morgan fingerprint density at radius 1 is 0.958 bits per heavy atom. The second-order valence-electron chi connectivity index (χ2n) is 4.76. The van der Waals surface area contributed by atoms with E-state index in [4.69, 9.17) is 0 Å². The quantitative estimate of drug-likeness (QED) is 0.273. The minimum Gasteiger partial charge on any atom is -0.352 e. The van der Waals surface area contributed by atoms with E-state index in [0.29, 0.717) is 18.2 Å². The van der Waals surface area contributed by atoms with Gasteiger partial charge in [0.15, 0.2) is 23.3 Å². The van der Waals surface area contributed by atoms with E-state index < -0.39 is 34.7 Å². The van der Waals surface area contributed by atoms with E-state index >= 15 is 0 Å². The largest absolute Gasteiger partial charge is 0.352 e. The van der Waals surface area contributed by atoms with Crippen LogP contribution in [0.2, 0.25) is 0 Å². The van der Waals surface area contributed by atoms with Crippen molar-refractivity contribution in [1.82, 2.24) is 5.32 Å². The third-order valence-electron chi connectivity index (χ3n) is 3.04. The van der Waals surface area contributed by atoms with Gasteiger partial charge >= 0.3 is 0 Å². The molecule has 0 spiro atoms. The Balaban J connectivity index is 1.82. The van der Waals surface area contributed by atoms with Crippen LogP contribution in [0.4, 0.5) is 22.0 Å². The highest BCUT2D eigenvalue weighted by Crippen LogP contribution is 2.20. The average Bonchev–Trinajstić information content (AvgIpc) is 2.57. The monoisotopic (exact) mass is 361 g/mol. The Bertz CT molecular complexity index is 736. The van der Waals surface area contributed by atoms with Crippen molar-refractivity contribution >= 4 is 17.7 Å². The second kappa shape index (κ2) is 8.14. The Morgan fingerprint density at radius 3 is 2.29 bits per heavy atom. The molecule has 0 aliphatic rings. The normalized spacial score (nSPS) is 10.7. The van der Waals surface area contributed by atoms with Gasteiger partial charge in [0.25, 0.3) is 5.91 Å². The number of hydrogen-bond donors (Lipinski definition) is 1. The lowest BCUT2D eigenvalue weighted by Gasteiger charge is -2.07. The minimum absolute atomic E-state index is 0.132. The molecule has 24 heavy (non-hydrogen) atoms. The summed E-state index contributed by atoms with van der Waals surface area (Å²) in [6.45, 7) is 0.132. The topological polar surface area (TPSA) is 29.1 Å². The van der Waals surface area contributed by atoms with Crippen molar-refractivity contribution < 1.29 is 26.7 Å².